The summed E-state index contributed by atoms with van der Waals surface area (Å²) in [7, 11) is 4.75. The minimum Gasteiger partial charge on any atom is -0.497 e. The number of methoxy groups -OCH3 is 3. The minimum atomic E-state index is -0.205. The Balaban J connectivity index is 1.94. The van der Waals surface area contributed by atoms with Crippen molar-refractivity contribution < 1.29 is 19.0 Å². The van der Waals surface area contributed by atoms with E-state index >= 15 is 0 Å². The second kappa shape index (κ2) is 8.57. The molecule has 2 aromatic carbocycles. The third-order valence-electron chi connectivity index (χ3n) is 3.36. The summed E-state index contributed by atoms with van der Waals surface area (Å²) in [5.74, 6) is 1.85. The molecule has 0 fully saturated rings. The zero-order chi connectivity index (χ0) is 17.4. The molecule has 0 aliphatic heterocycles. The fourth-order valence-corrected chi connectivity index (χ4v) is 2.07. The fourth-order valence-electron chi connectivity index (χ4n) is 2.07. The maximum atomic E-state index is 11.9. The van der Waals surface area contributed by atoms with Crippen molar-refractivity contribution >= 4 is 12.1 Å². The SMILES string of the molecule is COc1ccc(CC(=O)N/N=C/c2ccc(OC)cc2OC)cc1. The number of rotatable bonds is 7. The van der Waals surface area contributed by atoms with E-state index in [0.717, 1.165) is 16.9 Å². The number of hydrogen-bond donors (Lipinski definition) is 1. The van der Waals surface area contributed by atoms with Crippen LogP contribution in [0.4, 0.5) is 0 Å². The summed E-state index contributed by atoms with van der Waals surface area (Å²) in [4.78, 5) is 11.9. The van der Waals surface area contributed by atoms with Crippen LogP contribution in [-0.4, -0.2) is 33.5 Å². The molecule has 0 aromatic heterocycles. The Kier molecular flexibility index (Phi) is 6.19. The number of ether oxygens (including phenoxy) is 3. The average Bonchev–Trinajstić information content (AvgIpc) is 2.62. The van der Waals surface area contributed by atoms with Gasteiger partial charge in [-0.1, -0.05) is 12.1 Å². The highest BCUT2D eigenvalue weighted by Crippen LogP contribution is 2.22. The highest BCUT2D eigenvalue weighted by molar-refractivity contribution is 5.86. The van der Waals surface area contributed by atoms with Gasteiger partial charge in [-0.2, -0.15) is 5.10 Å². The van der Waals surface area contributed by atoms with Gasteiger partial charge in [0.25, 0.3) is 0 Å². The second-order valence-corrected chi connectivity index (χ2v) is 4.93. The van der Waals surface area contributed by atoms with Gasteiger partial charge < -0.3 is 14.2 Å². The molecular weight excluding hydrogens is 308 g/mol. The van der Waals surface area contributed by atoms with Crippen LogP contribution in [0.1, 0.15) is 11.1 Å². The number of nitrogens with zero attached hydrogens (tertiary/aromatic N) is 1. The highest BCUT2D eigenvalue weighted by Gasteiger charge is 2.04. The first kappa shape index (κ1) is 17.3. The molecule has 0 aliphatic carbocycles. The van der Waals surface area contributed by atoms with Crippen molar-refractivity contribution in [3.8, 4) is 17.2 Å². The van der Waals surface area contributed by atoms with Crippen LogP contribution >= 0.6 is 0 Å². The molecule has 0 spiro atoms. The van der Waals surface area contributed by atoms with Crippen molar-refractivity contribution in [3.63, 3.8) is 0 Å². The van der Waals surface area contributed by atoms with Gasteiger partial charge in [-0.05, 0) is 29.8 Å². The van der Waals surface area contributed by atoms with E-state index in [2.05, 4.69) is 10.5 Å². The largest absolute Gasteiger partial charge is 0.497 e. The molecule has 0 saturated heterocycles. The molecular formula is C18H20N2O4. The number of carbonyl (C=O) groups excluding carboxylic acids is 1. The molecule has 1 amide bonds. The molecule has 6 heteroatoms. The average molecular weight is 328 g/mol. The minimum absolute atomic E-state index is 0.205. The van der Waals surface area contributed by atoms with Crippen molar-refractivity contribution in [3.05, 3.63) is 53.6 Å². The first-order valence-corrected chi connectivity index (χ1v) is 7.33. The molecule has 126 valence electrons. The summed E-state index contributed by atoms with van der Waals surface area (Å²) in [5, 5.41) is 3.97. The lowest BCUT2D eigenvalue weighted by Crippen LogP contribution is -2.19. The van der Waals surface area contributed by atoms with Crippen LogP contribution in [0.25, 0.3) is 0 Å². The molecule has 0 atom stereocenters. The van der Waals surface area contributed by atoms with Crippen LogP contribution in [-0.2, 0) is 11.2 Å². The monoisotopic (exact) mass is 328 g/mol. The molecule has 2 rings (SSSR count). The van der Waals surface area contributed by atoms with E-state index in [1.54, 1.807) is 39.5 Å². The van der Waals surface area contributed by atoms with E-state index in [9.17, 15) is 4.79 Å². The van der Waals surface area contributed by atoms with Crippen LogP contribution in [0.15, 0.2) is 47.6 Å². The van der Waals surface area contributed by atoms with Gasteiger partial charge in [-0.25, -0.2) is 5.43 Å². The number of hydrazone groups is 1. The molecule has 1 N–H and O–H groups in total. The van der Waals surface area contributed by atoms with Gasteiger partial charge in [-0.15, -0.1) is 0 Å². The van der Waals surface area contributed by atoms with Crippen molar-refractivity contribution in [1.82, 2.24) is 5.43 Å². The number of hydrogen-bond acceptors (Lipinski definition) is 5. The van der Waals surface area contributed by atoms with E-state index in [4.69, 9.17) is 14.2 Å². The lowest BCUT2D eigenvalue weighted by molar-refractivity contribution is -0.120. The molecule has 0 bridgehead atoms. The van der Waals surface area contributed by atoms with Gasteiger partial charge in [0.15, 0.2) is 0 Å². The quantitative estimate of drug-likeness (QED) is 0.626. The van der Waals surface area contributed by atoms with Gasteiger partial charge >= 0.3 is 0 Å². The maximum Gasteiger partial charge on any atom is 0.244 e. The Hall–Kier alpha value is -3.02. The summed E-state index contributed by atoms with van der Waals surface area (Å²) < 4.78 is 15.5. The van der Waals surface area contributed by atoms with Crippen LogP contribution in [0.2, 0.25) is 0 Å². The third kappa shape index (κ3) is 4.74. The van der Waals surface area contributed by atoms with Crippen LogP contribution in [0.5, 0.6) is 17.2 Å². The van der Waals surface area contributed by atoms with Crippen LogP contribution in [0, 0.1) is 0 Å². The lowest BCUT2D eigenvalue weighted by Gasteiger charge is -2.07. The van der Waals surface area contributed by atoms with Gasteiger partial charge in [0, 0.05) is 11.6 Å². The van der Waals surface area contributed by atoms with Crippen molar-refractivity contribution in [2.24, 2.45) is 5.10 Å². The smallest absolute Gasteiger partial charge is 0.244 e. The predicted molar refractivity (Wildman–Crippen MR) is 92.0 cm³/mol. The fraction of sp³-hybridized carbons (Fsp3) is 0.222. The first-order valence-electron chi connectivity index (χ1n) is 7.33. The van der Waals surface area contributed by atoms with E-state index in [1.165, 1.54) is 6.21 Å². The third-order valence-corrected chi connectivity index (χ3v) is 3.36. The van der Waals surface area contributed by atoms with Crippen LogP contribution < -0.4 is 19.6 Å². The topological polar surface area (TPSA) is 69.2 Å². The first-order chi connectivity index (χ1) is 11.7. The van der Waals surface area contributed by atoms with E-state index in [1.807, 2.05) is 24.3 Å². The summed E-state index contributed by atoms with van der Waals surface area (Å²) in [6.45, 7) is 0. The molecule has 2 aromatic rings. The van der Waals surface area contributed by atoms with E-state index < -0.39 is 0 Å². The second-order valence-electron chi connectivity index (χ2n) is 4.93. The molecule has 0 heterocycles. The van der Waals surface area contributed by atoms with Gasteiger partial charge in [0.05, 0.1) is 34.0 Å². The normalized spacial score (nSPS) is 10.5. The Morgan fingerprint density at radius 2 is 1.67 bits per heavy atom. The molecule has 6 nitrogen and oxygen atoms in total. The van der Waals surface area contributed by atoms with Gasteiger partial charge in [0.1, 0.15) is 17.2 Å². The molecule has 24 heavy (non-hydrogen) atoms. The standard InChI is InChI=1S/C18H20N2O4/c1-22-15-7-4-13(5-8-15)10-18(21)20-19-12-14-6-9-16(23-2)11-17(14)24-3/h4-9,11-12H,10H2,1-3H3,(H,20,21)/b19-12+. The van der Waals surface area contributed by atoms with E-state index in [-0.39, 0.29) is 12.3 Å². The number of amides is 1. The Bertz CT molecular complexity index is 711. The number of benzene rings is 2. The number of carbonyl (C=O) groups is 1. The molecule has 0 radical (unpaired) electrons. The van der Waals surface area contributed by atoms with Crippen LogP contribution in [0.3, 0.4) is 0 Å². The van der Waals surface area contributed by atoms with Gasteiger partial charge in [0.2, 0.25) is 5.91 Å². The molecule has 0 unspecified atom stereocenters. The lowest BCUT2D eigenvalue weighted by atomic mass is 10.1. The zero-order valence-electron chi connectivity index (χ0n) is 13.9. The van der Waals surface area contributed by atoms with Crippen molar-refractivity contribution in [2.45, 2.75) is 6.42 Å². The Morgan fingerprint density at radius 1 is 1.00 bits per heavy atom. The highest BCUT2D eigenvalue weighted by atomic mass is 16.5. The van der Waals surface area contributed by atoms with Crippen molar-refractivity contribution in [1.29, 1.82) is 0 Å². The Morgan fingerprint density at radius 3 is 2.29 bits per heavy atom. The molecule has 0 saturated carbocycles. The Labute approximate surface area is 141 Å². The molecule has 0 aliphatic rings. The summed E-state index contributed by atoms with van der Waals surface area (Å²) >= 11 is 0. The predicted octanol–water partition coefficient (Wildman–Crippen LogP) is 2.41. The maximum absolute atomic E-state index is 11.9. The summed E-state index contributed by atoms with van der Waals surface area (Å²) in [6.07, 6.45) is 1.77. The van der Waals surface area contributed by atoms with E-state index in [0.29, 0.717) is 11.5 Å². The number of nitrogens with one attached hydrogen (secondary N) is 1. The summed E-state index contributed by atoms with van der Waals surface area (Å²) in [6, 6.07) is 12.7. The summed E-state index contributed by atoms with van der Waals surface area (Å²) in [5.41, 5.74) is 4.12. The van der Waals surface area contributed by atoms with Gasteiger partial charge in [-0.3, -0.25) is 4.79 Å². The zero-order valence-corrected chi connectivity index (χ0v) is 13.9. The van der Waals surface area contributed by atoms with Crippen molar-refractivity contribution in [2.75, 3.05) is 21.3 Å².